The Morgan fingerprint density at radius 2 is 2.00 bits per heavy atom. The Hall–Kier alpha value is -1.42. The zero-order chi connectivity index (χ0) is 12.5. The lowest BCUT2D eigenvalue weighted by molar-refractivity contribution is -0.136. The van der Waals surface area contributed by atoms with Crippen molar-refractivity contribution in [2.24, 2.45) is 5.92 Å². The van der Waals surface area contributed by atoms with Crippen LogP contribution < -0.4 is 0 Å². The number of rotatable bonds is 2. The second kappa shape index (κ2) is 4.69. The largest absolute Gasteiger partial charge is 0.378 e. The normalized spacial score (nSPS) is 27.1. The molecule has 2 aliphatic rings. The first-order valence-corrected chi connectivity index (χ1v) is 6.38. The Morgan fingerprint density at radius 3 is 2.72 bits per heavy atom. The van der Waals surface area contributed by atoms with E-state index in [4.69, 9.17) is 4.74 Å². The average Bonchev–Trinajstić information content (AvgIpc) is 3.20. The molecule has 1 saturated heterocycles. The van der Waals surface area contributed by atoms with Gasteiger partial charge in [-0.3, -0.25) is 4.79 Å². The van der Waals surface area contributed by atoms with E-state index in [9.17, 15) is 9.18 Å². The molecular weight excluding hydrogens is 233 g/mol. The lowest BCUT2D eigenvalue weighted by Crippen LogP contribution is -2.41. The van der Waals surface area contributed by atoms with Crippen LogP contribution in [0.5, 0.6) is 0 Å². The summed E-state index contributed by atoms with van der Waals surface area (Å²) < 4.78 is 18.8. The van der Waals surface area contributed by atoms with Crippen LogP contribution in [0, 0.1) is 11.7 Å². The van der Waals surface area contributed by atoms with Gasteiger partial charge in [0.05, 0.1) is 13.2 Å². The quantitative estimate of drug-likeness (QED) is 0.799. The Balaban J connectivity index is 1.67. The van der Waals surface area contributed by atoms with E-state index in [0.29, 0.717) is 31.9 Å². The zero-order valence-electron chi connectivity index (χ0n) is 10.1. The van der Waals surface area contributed by atoms with Gasteiger partial charge < -0.3 is 9.64 Å². The van der Waals surface area contributed by atoms with Gasteiger partial charge in [0.15, 0.2) is 0 Å². The van der Waals surface area contributed by atoms with Crippen LogP contribution in [0.1, 0.15) is 17.9 Å². The van der Waals surface area contributed by atoms with Crippen molar-refractivity contribution in [3.63, 3.8) is 0 Å². The number of ether oxygens (including phenoxy) is 1. The monoisotopic (exact) mass is 249 g/mol. The van der Waals surface area contributed by atoms with Crippen LogP contribution in [0.2, 0.25) is 0 Å². The second-order valence-electron chi connectivity index (χ2n) is 4.91. The third-order valence-corrected chi connectivity index (χ3v) is 3.74. The Morgan fingerprint density at radius 1 is 1.28 bits per heavy atom. The number of carbonyl (C=O) groups is 1. The predicted octanol–water partition coefficient (Wildman–Crippen LogP) is 1.79. The molecule has 1 aliphatic heterocycles. The summed E-state index contributed by atoms with van der Waals surface area (Å²) in [5.74, 6) is 0.00729. The van der Waals surface area contributed by atoms with Gasteiger partial charge in [-0.25, -0.2) is 4.39 Å². The molecule has 2 atom stereocenters. The summed E-state index contributed by atoms with van der Waals surface area (Å²) in [5.41, 5.74) is 0.684. The molecule has 1 aliphatic carbocycles. The molecule has 18 heavy (non-hydrogen) atoms. The minimum Gasteiger partial charge on any atom is -0.378 e. The van der Waals surface area contributed by atoms with Gasteiger partial charge in [-0.15, -0.1) is 0 Å². The molecule has 3 nitrogen and oxygen atoms in total. The topological polar surface area (TPSA) is 29.5 Å². The van der Waals surface area contributed by atoms with Crippen molar-refractivity contribution in [3.05, 3.63) is 35.6 Å². The first kappa shape index (κ1) is 11.7. The summed E-state index contributed by atoms with van der Waals surface area (Å²) in [6, 6.07) is 6.75. The molecular formula is C14H16FNO2. The molecule has 1 saturated carbocycles. The van der Waals surface area contributed by atoms with Crippen LogP contribution >= 0.6 is 0 Å². The first-order valence-electron chi connectivity index (χ1n) is 6.38. The molecule has 4 heteroatoms. The molecule has 1 aromatic rings. The van der Waals surface area contributed by atoms with Gasteiger partial charge in [-0.05, 0) is 24.0 Å². The van der Waals surface area contributed by atoms with Gasteiger partial charge >= 0.3 is 0 Å². The van der Waals surface area contributed by atoms with Crippen LogP contribution in [-0.4, -0.2) is 37.1 Å². The molecule has 96 valence electrons. The molecule has 0 bridgehead atoms. The SMILES string of the molecule is O=C(C1CC1c1ccccc1F)N1CCOCC1. The minimum absolute atomic E-state index is 0.0278. The summed E-state index contributed by atoms with van der Waals surface area (Å²) >= 11 is 0. The highest BCUT2D eigenvalue weighted by molar-refractivity contribution is 5.83. The predicted molar refractivity (Wildman–Crippen MR) is 64.6 cm³/mol. The highest BCUT2D eigenvalue weighted by Gasteiger charge is 2.46. The fourth-order valence-electron chi connectivity index (χ4n) is 2.61. The highest BCUT2D eigenvalue weighted by atomic mass is 19.1. The Kier molecular flexibility index (Phi) is 3.04. The van der Waals surface area contributed by atoms with E-state index in [1.165, 1.54) is 6.07 Å². The maximum absolute atomic E-state index is 13.6. The molecule has 1 heterocycles. The van der Waals surface area contributed by atoms with E-state index >= 15 is 0 Å². The Labute approximate surface area is 106 Å². The molecule has 2 unspecified atom stereocenters. The van der Waals surface area contributed by atoms with Gasteiger partial charge in [0.1, 0.15) is 5.82 Å². The molecule has 1 amide bonds. The molecule has 3 rings (SSSR count). The third kappa shape index (κ3) is 2.12. The number of amides is 1. The van der Waals surface area contributed by atoms with Gasteiger partial charge in [-0.1, -0.05) is 18.2 Å². The number of hydrogen-bond donors (Lipinski definition) is 0. The van der Waals surface area contributed by atoms with Crippen molar-refractivity contribution >= 4 is 5.91 Å². The standard InChI is InChI=1S/C14H16FNO2/c15-13-4-2-1-3-10(13)11-9-12(11)14(17)16-5-7-18-8-6-16/h1-4,11-12H,5-9H2. The maximum Gasteiger partial charge on any atom is 0.226 e. The summed E-state index contributed by atoms with van der Waals surface area (Å²) in [7, 11) is 0. The van der Waals surface area contributed by atoms with Crippen LogP contribution in [0.25, 0.3) is 0 Å². The minimum atomic E-state index is -0.195. The highest BCUT2D eigenvalue weighted by Crippen LogP contribution is 2.49. The number of morpholine rings is 1. The van der Waals surface area contributed by atoms with Crippen LogP contribution in [0.15, 0.2) is 24.3 Å². The number of halogens is 1. The second-order valence-corrected chi connectivity index (χ2v) is 4.91. The molecule has 0 N–H and O–H groups in total. The molecule has 0 radical (unpaired) electrons. The van der Waals surface area contributed by atoms with Crippen molar-refractivity contribution in [3.8, 4) is 0 Å². The van der Waals surface area contributed by atoms with E-state index in [0.717, 1.165) is 6.42 Å². The smallest absolute Gasteiger partial charge is 0.226 e. The third-order valence-electron chi connectivity index (χ3n) is 3.74. The van der Waals surface area contributed by atoms with Gasteiger partial charge in [0.25, 0.3) is 0 Å². The number of carbonyl (C=O) groups excluding carboxylic acids is 1. The van der Waals surface area contributed by atoms with Crippen LogP contribution in [-0.2, 0) is 9.53 Å². The molecule has 0 aromatic heterocycles. The zero-order valence-corrected chi connectivity index (χ0v) is 10.1. The van der Waals surface area contributed by atoms with Crippen molar-refractivity contribution in [1.29, 1.82) is 0 Å². The van der Waals surface area contributed by atoms with Crippen LogP contribution in [0.3, 0.4) is 0 Å². The average molecular weight is 249 g/mol. The van der Waals surface area contributed by atoms with Gasteiger partial charge in [0, 0.05) is 19.0 Å². The summed E-state index contributed by atoms with van der Waals surface area (Å²) in [6.07, 6.45) is 0.775. The van der Waals surface area contributed by atoms with E-state index < -0.39 is 0 Å². The summed E-state index contributed by atoms with van der Waals surface area (Å²) in [5, 5.41) is 0. The van der Waals surface area contributed by atoms with Crippen molar-refractivity contribution in [2.75, 3.05) is 26.3 Å². The first-order chi connectivity index (χ1) is 8.77. The van der Waals surface area contributed by atoms with Gasteiger partial charge in [-0.2, -0.15) is 0 Å². The van der Waals surface area contributed by atoms with Gasteiger partial charge in [0.2, 0.25) is 5.91 Å². The summed E-state index contributed by atoms with van der Waals surface area (Å²) in [4.78, 5) is 14.0. The lowest BCUT2D eigenvalue weighted by atomic mass is 10.1. The Bertz CT molecular complexity index is 457. The maximum atomic E-state index is 13.6. The van der Waals surface area contributed by atoms with E-state index in [2.05, 4.69) is 0 Å². The lowest BCUT2D eigenvalue weighted by Gasteiger charge is -2.27. The van der Waals surface area contributed by atoms with Crippen molar-refractivity contribution < 1.29 is 13.9 Å². The van der Waals surface area contributed by atoms with Crippen LogP contribution in [0.4, 0.5) is 4.39 Å². The fourth-order valence-corrected chi connectivity index (χ4v) is 2.61. The number of nitrogens with zero attached hydrogens (tertiary/aromatic N) is 1. The number of benzene rings is 1. The van der Waals surface area contributed by atoms with E-state index in [-0.39, 0.29) is 23.6 Å². The van der Waals surface area contributed by atoms with Crippen molar-refractivity contribution in [2.45, 2.75) is 12.3 Å². The van der Waals surface area contributed by atoms with E-state index in [1.54, 1.807) is 12.1 Å². The number of hydrogen-bond acceptors (Lipinski definition) is 2. The fraction of sp³-hybridized carbons (Fsp3) is 0.500. The molecule has 1 aromatic carbocycles. The van der Waals surface area contributed by atoms with Crippen molar-refractivity contribution in [1.82, 2.24) is 4.90 Å². The van der Waals surface area contributed by atoms with E-state index in [1.807, 2.05) is 11.0 Å². The molecule has 2 fully saturated rings. The molecule has 0 spiro atoms. The summed E-state index contributed by atoms with van der Waals surface area (Å²) in [6.45, 7) is 2.56.